The fraction of sp³-hybridized carbons (Fsp3) is 0. The first kappa shape index (κ1) is 24.1. The van der Waals surface area contributed by atoms with Gasteiger partial charge in [-0.05, 0) is 58.7 Å². The second-order valence-corrected chi connectivity index (χ2v) is 10.6. The van der Waals surface area contributed by atoms with E-state index in [1.807, 2.05) is 48.5 Å². The number of nitrogens with zero attached hydrogens (tertiary/aromatic N) is 2. The molecule has 4 heteroatoms. The Morgan fingerprint density at radius 1 is 0.357 bits per heavy atom. The number of carbonyl (C=O) groups excluding carboxylic acids is 2. The number of para-hydroxylation sites is 2. The van der Waals surface area contributed by atoms with Crippen LogP contribution in [0.3, 0.4) is 0 Å². The lowest BCUT2D eigenvalue weighted by Gasteiger charge is -2.13. The molecule has 0 saturated carbocycles. The van der Waals surface area contributed by atoms with Gasteiger partial charge in [0.05, 0.1) is 22.1 Å². The maximum atomic E-state index is 11.2. The van der Waals surface area contributed by atoms with E-state index in [9.17, 15) is 9.59 Å². The van der Waals surface area contributed by atoms with Crippen LogP contribution in [0.1, 0.15) is 20.7 Å². The Hall–Kier alpha value is -5.74. The molecule has 0 aliphatic rings. The number of aldehydes is 2. The molecule has 198 valence electrons. The van der Waals surface area contributed by atoms with E-state index in [4.69, 9.17) is 0 Å². The zero-order valence-corrected chi connectivity index (χ0v) is 22.6. The normalized spacial score (nSPS) is 11.5. The van der Waals surface area contributed by atoms with Crippen molar-refractivity contribution >= 4 is 56.2 Å². The van der Waals surface area contributed by atoms with Gasteiger partial charge in [-0.1, -0.05) is 97.1 Å². The number of hydrogen-bond donors (Lipinski definition) is 0. The third-order valence-electron chi connectivity index (χ3n) is 8.25. The van der Waals surface area contributed by atoms with Crippen LogP contribution < -0.4 is 0 Å². The maximum Gasteiger partial charge on any atom is 0.150 e. The van der Waals surface area contributed by atoms with Crippen molar-refractivity contribution in [3.8, 4) is 22.3 Å². The van der Waals surface area contributed by atoms with Crippen molar-refractivity contribution in [2.75, 3.05) is 0 Å². The summed E-state index contributed by atoms with van der Waals surface area (Å²) in [6, 6.07) is 45.7. The molecule has 0 radical (unpaired) electrons. The SMILES string of the molecule is O=Cc1ccc(-c2ccc3c(c2)c2ccccc2n3-n2c3ccccc3c3cc(-c4ccc(C=O)cc4)ccc32)cc1. The van der Waals surface area contributed by atoms with E-state index in [-0.39, 0.29) is 0 Å². The Morgan fingerprint density at radius 2 is 0.714 bits per heavy atom. The van der Waals surface area contributed by atoms with E-state index in [1.165, 1.54) is 21.5 Å². The molecule has 42 heavy (non-hydrogen) atoms. The van der Waals surface area contributed by atoms with Gasteiger partial charge in [-0.25, -0.2) is 9.35 Å². The van der Waals surface area contributed by atoms with Gasteiger partial charge in [-0.2, -0.15) is 0 Å². The van der Waals surface area contributed by atoms with E-state index < -0.39 is 0 Å². The van der Waals surface area contributed by atoms with Crippen molar-refractivity contribution in [2.45, 2.75) is 0 Å². The van der Waals surface area contributed by atoms with Crippen LogP contribution in [0.15, 0.2) is 133 Å². The summed E-state index contributed by atoms with van der Waals surface area (Å²) in [5.74, 6) is 0. The summed E-state index contributed by atoms with van der Waals surface area (Å²) in [6.07, 6.45) is 1.75. The predicted octanol–water partition coefficient (Wildman–Crippen LogP) is 9.17. The largest absolute Gasteiger partial charge is 0.298 e. The van der Waals surface area contributed by atoms with Gasteiger partial charge < -0.3 is 0 Å². The lowest BCUT2D eigenvalue weighted by Crippen LogP contribution is -2.08. The summed E-state index contributed by atoms with van der Waals surface area (Å²) in [5, 5.41) is 4.69. The minimum atomic E-state index is 0.670. The first-order valence-electron chi connectivity index (χ1n) is 13.9. The number of benzene rings is 6. The lowest BCUT2D eigenvalue weighted by atomic mass is 10.0. The van der Waals surface area contributed by atoms with Crippen LogP contribution >= 0.6 is 0 Å². The van der Waals surface area contributed by atoms with Gasteiger partial charge in [0.2, 0.25) is 0 Å². The Labute approximate surface area is 241 Å². The monoisotopic (exact) mass is 540 g/mol. The third kappa shape index (κ3) is 3.62. The zero-order chi connectivity index (χ0) is 28.2. The predicted molar refractivity (Wildman–Crippen MR) is 171 cm³/mol. The first-order valence-corrected chi connectivity index (χ1v) is 13.9. The van der Waals surface area contributed by atoms with Crippen LogP contribution in [0.5, 0.6) is 0 Å². The van der Waals surface area contributed by atoms with Crippen LogP contribution in [0.4, 0.5) is 0 Å². The van der Waals surface area contributed by atoms with E-state index in [2.05, 4.69) is 94.3 Å². The molecule has 0 aliphatic heterocycles. The molecular formula is C38H24N2O2. The molecule has 2 aromatic heterocycles. The second-order valence-electron chi connectivity index (χ2n) is 10.6. The molecule has 6 aromatic carbocycles. The highest BCUT2D eigenvalue weighted by molar-refractivity contribution is 6.13. The molecule has 0 atom stereocenters. The average molecular weight is 541 g/mol. The topological polar surface area (TPSA) is 44.0 Å². The minimum Gasteiger partial charge on any atom is -0.298 e. The Morgan fingerprint density at radius 3 is 1.12 bits per heavy atom. The number of fused-ring (bicyclic) bond motifs is 6. The van der Waals surface area contributed by atoms with Crippen molar-refractivity contribution in [2.24, 2.45) is 0 Å². The third-order valence-corrected chi connectivity index (χ3v) is 8.25. The molecule has 8 rings (SSSR count). The van der Waals surface area contributed by atoms with Crippen molar-refractivity contribution in [3.63, 3.8) is 0 Å². The molecule has 0 unspecified atom stereocenters. The Balaban J connectivity index is 1.39. The summed E-state index contributed by atoms with van der Waals surface area (Å²) in [6.45, 7) is 0. The second kappa shape index (κ2) is 9.43. The van der Waals surface area contributed by atoms with Gasteiger partial charge in [-0.3, -0.25) is 9.59 Å². The molecule has 0 amide bonds. The molecule has 0 aliphatic carbocycles. The van der Waals surface area contributed by atoms with Gasteiger partial charge >= 0.3 is 0 Å². The number of carbonyl (C=O) groups is 2. The maximum absolute atomic E-state index is 11.2. The number of aromatic nitrogens is 2. The van der Waals surface area contributed by atoms with Gasteiger partial charge in [0.1, 0.15) is 12.6 Å². The van der Waals surface area contributed by atoms with E-state index in [0.717, 1.165) is 56.9 Å². The smallest absolute Gasteiger partial charge is 0.150 e. The fourth-order valence-electron chi connectivity index (χ4n) is 6.20. The molecule has 0 saturated heterocycles. The summed E-state index contributed by atoms with van der Waals surface area (Å²) in [7, 11) is 0. The molecule has 0 spiro atoms. The lowest BCUT2D eigenvalue weighted by molar-refractivity contribution is 0.111. The highest BCUT2D eigenvalue weighted by atomic mass is 16.1. The summed E-state index contributed by atoms with van der Waals surface area (Å²) in [5.41, 5.74) is 10.2. The first-order chi connectivity index (χ1) is 20.7. The summed E-state index contributed by atoms with van der Waals surface area (Å²) in [4.78, 5) is 22.4. The molecule has 4 nitrogen and oxygen atoms in total. The fourth-order valence-corrected chi connectivity index (χ4v) is 6.20. The zero-order valence-electron chi connectivity index (χ0n) is 22.6. The van der Waals surface area contributed by atoms with Crippen molar-refractivity contribution in [1.82, 2.24) is 9.35 Å². The van der Waals surface area contributed by atoms with E-state index in [0.29, 0.717) is 11.1 Å². The molecule has 2 heterocycles. The Bertz CT molecular complexity index is 2150. The van der Waals surface area contributed by atoms with E-state index >= 15 is 0 Å². The Kier molecular flexibility index (Phi) is 5.41. The van der Waals surface area contributed by atoms with Gasteiger partial charge in [0.15, 0.2) is 0 Å². The van der Waals surface area contributed by atoms with Gasteiger partial charge in [-0.15, -0.1) is 0 Å². The molecular weight excluding hydrogens is 516 g/mol. The number of hydrogen-bond acceptors (Lipinski definition) is 2. The van der Waals surface area contributed by atoms with Crippen LogP contribution in [0, 0.1) is 0 Å². The van der Waals surface area contributed by atoms with Crippen molar-refractivity contribution < 1.29 is 9.59 Å². The standard InChI is InChI=1S/C38H24N2O2/c41-23-25-9-13-27(14-10-25)29-17-19-37-33(21-29)31-5-1-3-7-35(31)39(37)40-36-8-4-2-6-32(36)34-22-30(18-20-38(34)40)28-15-11-26(24-42)12-16-28/h1-24H. The van der Waals surface area contributed by atoms with E-state index in [1.54, 1.807) is 0 Å². The summed E-state index contributed by atoms with van der Waals surface area (Å²) < 4.78 is 4.65. The van der Waals surface area contributed by atoms with Gasteiger partial charge in [0, 0.05) is 32.7 Å². The quantitative estimate of drug-likeness (QED) is 0.204. The minimum absolute atomic E-state index is 0.670. The molecule has 8 aromatic rings. The highest BCUT2D eigenvalue weighted by Crippen LogP contribution is 2.38. The van der Waals surface area contributed by atoms with Gasteiger partial charge in [0.25, 0.3) is 0 Å². The van der Waals surface area contributed by atoms with Crippen LogP contribution in [0.25, 0.3) is 65.9 Å². The highest BCUT2D eigenvalue weighted by Gasteiger charge is 2.18. The van der Waals surface area contributed by atoms with Crippen LogP contribution in [0.2, 0.25) is 0 Å². The number of rotatable bonds is 5. The van der Waals surface area contributed by atoms with Crippen LogP contribution in [-0.2, 0) is 0 Å². The molecule has 0 N–H and O–H groups in total. The average Bonchev–Trinajstić information content (AvgIpc) is 3.56. The van der Waals surface area contributed by atoms with Crippen molar-refractivity contribution in [3.05, 3.63) is 145 Å². The summed E-state index contributed by atoms with van der Waals surface area (Å²) >= 11 is 0. The van der Waals surface area contributed by atoms with Crippen LogP contribution in [-0.4, -0.2) is 21.9 Å². The molecule has 0 fully saturated rings. The van der Waals surface area contributed by atoms with Crippen molar-refractivity contribution in [1.29, 1.82) is 0 Å². The molecule has 0 bridgehead atoms.